The van der Waals surface area contributed by atoms with Crippen molar-refractivity contribution in [1.82, 2.24) is 10.2 Å². The Kier molecular flexibility index (Phi) is 10.4. The van der Waals surface area contributed by atoms with E-state index in [4.69, 9.17) is 9.84 Å². The lowest BCUT2D eigenvalue weighted by atomic mass is 9.83. The van der Waals surface area contributed by atoms with Crippen LogP contribution in [-0.4, -0.2) is 53.7 Å². The largest absolute Gasteiger partial charge is 0.416 e. The Labute approximate surface area is 246 Å². The number of nitrogens with zero attached hydrogens (tertiary/aromatic N) is 1. The van der Waals surface area contributed by atoms with E-state index >= 15 is 0 Å². The number of carbonyl (C=O) groups excluding carboxylic acids is 2. The second-order valence-electron chi connectivity index (χ2n) is 11.3. The van der Waals surface area contributed by atoms with Gasteiger partial charge in [-0.3, -0.25) is 9.59 Å². The summed E-state index contributed by atoms with van der Waals surface area (Å²) < 4.78 is 86.9. The number of hydrogen-bond donors (Lipinski definition) is 2. The lowest BCUT2D eigenvalue weighted by Crippen LogP contribution is -2.49. The normalized spacial score (nSPS) is 24.0. The molecule has 0 unspecified atom stereocenters. The van der Waals surface area contributed by atoms with E-state index in [-0.39, 0.29) is 54.3 Å². The fraction of sp³-hybridized carbons (Fsp3) is 0.548. The van der Waals surface area contributed by atoms with E-state index in [0.717, 1.165) is 5.56 Å². The molecule has 236 valence electrons. The maximum Gasteiger partial charge on any atom is 0.416 e. The van der Waals surface area contributed by atoms with Crippen molar-refractivity contribution in [3.8, 4) is 0 Å². The van der Waals surface area contributed by atoms with Crippen LogP contribution in [0.3, 0.4) is 0 Å². The molecule has 0 bridgehead atoms. The molecule has 1 aliphatic carbocycles. The molecule has 0 aromatic heterocycles. The fourth-order valence-corrected chi connectivity index (χ4v) is 6.01. The van der Waals surface area contributed by atoms with Gasteiger partial charge in [0.25, 0.3) is 0 Å². The van der Waals surface area contributed by atoms with Crippen LogP contribution in [0.5, 0.6) is 0 Å². The number of halogens is 6. The summed E-state index contributed by atoms with van der Waals surface area (Å²) in [5, 5.41) is 11.8. The minimum absolute atomic E-state index is 0.0136. The van der Waals surface area contributed by atoms with E-state index < -0.39 is 35.7 Å². The van der Waals surface area contributed by atoms with Crippen LogP contribution in [0.2, 0.25) is 0 Å². The number of hydrogen-bond acceptors (Lipinski definition) is 4. The number of carbonyl (C=O) groups is 2. The van der Waals surface area contributed by atoms with E-state index in [1.807, 2.05) is 30.3 Å². The Morgan fingerprint density at radius 2 is 1.56 bits per heavy atom. The zero-order valence-electron chi connectivity index (χ0n) is 23.8. The van der Waals surface area contributed by atoms with Crippen LogP contribution in [0.25, 0.3) is 0 Å². The van der Waals surface area contributed by atoms with Crippen molar-refractivity contribution in [2.45, 2.75) is 82.0 Å². The van der Waals surface area contributed by atoms with E-state index in [0.29, 0.717) is 57.3 Å². The molecule has 12 heteroatoms. The maximum atomic E-state index is 13.5. The molecule has 2 amide bonds. The van der Waals surface area contributed by atoms with E-state index in [9.17, 15) is 35.9 Å². The van der Waals surface area contributed by atoms with E-state index in [1.54, 1.807) is 4.90 Å². The second-order valence-corrected chi connectivity index (χ2v) is 11.3. The minimum Gasteiger partial charge on any atom is -0.396 e. The number of piperidine rings is 1. The molecule has 1 aliphatic heterocycles. The Morgan fingerprint density at radius 1 is 0.953 bits per heavy atom. The molecule has 1 saturated heterocycles. The number of aliphatic hydroxyl groups is 1. The number of ether oxygens (including phenoxy) is 1. The van der Waals surface area contributed by atoms with Gasteiger partial charge >= 0.3 is 12.4 Å². The molecule has 43 heavy (non-hydrogen) atoms. The summed E-state index contributed by atoms with van der Waals surface area (Å²) in [5.41, 5.74) is -2.16. The first-order chi connectivity index (χ1) is 20.3. The van der Waals surface area contributed by atoms with E-state index in [2.05, 4.69) is 5.32 Å². The van der Waals surface area contributed by atoms with Gasteiger partial charge in [-0.05, 0) is 68.4 Å². The van der Waals surface area contributed by atoms with Crippen LogP contribution in [-0.2, 0) is 26.7 Å². The Hall–Kier alpha value is -3.12. The van der Waals surface area contributed by atoms with Gasteiger partial charge in [0.1, 0.15) is 0 Å². The van der Waals surface area contributed by atoms with Gasteiger partial charge in [-0.2, -0.15) is 26.3 Å². The highest BCUT2D eigenvalue weighted by Crippen LogP contribution is 2.40. The average molecular weight is 615 g/mol. The molecule has 1 saturated carbocycles. The highest BCUT2D eigenvalue weighted by atomic mass is 19.4. The third-order valence-electron chi connectivity index (χ3n) is 8.33. The summed E-state index contributed by atoms with van der Waals surface area (Å²) in [7, 11) is 0. The topological polar surface area (TPSA) is 78.9 Å². The van der Waals surface area contributed by atoms with Gasteiger partial charge < -0.3 is 20.1 Å². The van der Waals surface area contributed by atoms with Gasteiger partial charge in [-0.15, -0.1) is 0 Å². The molecule has 0 spiro atoms. The molecule has 2 N–H and O–H groups in total. The van der Waals surface area contributed by atoms with Crippen molar-refractivity contribution in [1.29, 1.82) is 0 Å². The summed E-state index contributed by atoms with van der Waals surface area (Å²) in [6.07, 6.45) is -8.67. The van der Waals surface area contributed by atoms with Crippen molar-refractivity contribution in [2.75, 3.05) is 19.7 Å². The summed E-state index contributed by atoms with van der Waals surface area (Å²) in [5.74, 6) is -0.799. The van der Waals surface area contributed by atoms with E-state index in [1.165, 1.54) is 6.92 Å². The van der Waals surface area contributed by atoms with Crippen LogP contribution in [0.15, 0.2) is 48.5 Å². The molecule has 2 aromatic carbocycles. The van der Waals surface area contributed by atoms with Gasteiger partial charge in [0, 0.05) is 37.4 Å². The molecule has 6 nitrogen and oxygen atoms in total. The van der Waals surface area contributed by atoms with Crippen LogP contribution < -0.4 is 5.32 Å². The summed E-state index contributed by atoms with van der Waals surface area (Å²) in [4.78, 5) is 27.1. The van der Waals surface area contributed by atoms with Crippen LogP contribution in [0.4, 0.5) is 26.3 Å². The summed E-state index contributed by atoms with van der Waals surface area (Å²) >= 11 is 0. The number of alkyl halides is 6. The first kappa shape index (κ1) is 32.8. The van der Waals surface area contributed by atoms with Crippen molar-refractivity contribution < 1.29 is 45.8 Å². The number of rotatable bonds is 8. The monoisotopic (exact) mass is 614 g/mol. The number of nitrogens with one attached hydrogen (secondary N) is 1. The van der Waals surface area contributed by atoms with Gasteiger partial charge in [0.05, 0.1) is 29.9 Å². The molecule has 2 fully saturated rings. The maximum absolute atomic E-state index is 13.5. The van der Waals surface area contributed by atoms with Crippen molar-refractivity contribution in [3.63, 3.8) is 0 Å². The Bertz CT molecular complexity index is 1210. The molecule has 0 radical (unpaired) electrons. The van der Waals surface area contributed by atoms with Gasteiger partial charge in [0.15, 0.2) is 0 Å². The fourth-order valence-electron chi connectivity index (χ4n) is 6.01. The third-order valence-corrected chi connectivity index (χ3v) is 8.33. The predicted molar refractivity (Wildman–Crippen MR) is 146 cm³/mol. The van der Waals surface area contributed by atoms with Gasteiger partial charge in [0.2, 0.25) is 11.8 Å². The molecule has 2 aliphatic rings. The first-order valence-electron chi connectivity index (χ1n) is 14.4. The van der Waals surface area contributed by atoms with Gasteiger partial charge in [-0.1, -0.05) is 30.3 Å². The van der Waals surface area contributed by atoms with Crippen molar-refractivity contribution >= 4 is 11.8 Å². The summed E-state index contributed by atoms with van der Waals surface area (Å²) in [6, 6.07) is 10.7. The Balaban J connectivity index is 1.48. The average Bonchev–Trinajstić information content (AvgIpc) is 2.97. The zero-order valence-corrected chi connectivity index (χ0v) is 23.8. The summed E-state index contributed by atoms with van der Waals surface area (Å²) in [6.45, 7) is 1.84. The van der Waals surface area contributed by atoms with Crippen LogP contribution >= 0.6 is 0 Å². The second kappa shape index (κ2) is 13.7. The molecule has 3 atom stereocenters. The number of benzene rings is 2. The van der Waals surface area contributed by atoms with Crippen LogP contribution in [0.1, 0.15) is 79.7 Å². The molecule has 1 heterocycles. The molecular weight excluding hydrogens is 578 g/mol. The number of aliphatic hydroxyl groups excluding tert-OH is 1. The molecule has 4 rings (SSSR count). The van der Waals surface area contributed by atoms with Crippen LogP contribution in [0, 0.1) is 5.92 Å². The van der Waals surface area contributed by atoms with Crippen molar-refractivity contribution in [2.24, 2.45) is 5.92 Å². The highest BCUT2D eigenvalue weighted by Gasteiger charge is 2.40. The molecule has 2 aromatic rings. The number of likely N-dealkylation sites (tertiary alicyclic amines) is 1. The smallest absolute Gasteiger partial charge is 0.396 e. The highest BCUT2D eigenvalue weighted by molar-refractivity contribution is 5.79. The standard InChI is InChI=1S/C31H36F6N2O4/c1-19(22-15-23(30(32,33)34)17-24(16-22)31(35,36)37)43-27-11-13-39(18-26(27)20-5-3-2-4-6-20)29(42)21-7-9-25(10-8-21)38-28(41)12-14-40/h2-6,15-17,19,21,25-27,40H,7-14,18H2,1H3,(H,38,41)/t19-,21?,25?,26+,27+/m1/s1. The zero-order chi connectivity index (χ0) is 31.4. The SMILES string of the molecule is C[C@@H](O[C@H]1CCN(C(=O)C2CCC(NC(=O)CCO)CC2)C[C@H]1c1ccccc1)c1cc(C(F)(F)F)cc(C(F)(F)F)c1. The Morgan fingerprint density at radius 3 is 2.12 bits per heavy atom. The molecular formula is C31H36F6N2O4. The third kappa shape index (κ3) is 8.50. The number of amides is 2. The van der Waals surface area contributed by atoms with Crippen molar-refractivity contribution in [3.05, 3.63) is 70.8 Å². The lowest BCUT2D eigenvalue weighted by Gasteiger charge is -2.42. The van der Waals surface area contributed by atoms with Gasteiger partial charge in [-0.25, -0.2) is 0 Å². The minimum atomic E-state index is -4.96. The lowest BCUT2D eigenvalue weighted by molar-refractivity contribution is -0.143. The quantitative estimate of drug-likeness (QED) is 0.345. The first-order valence-corrected chi connectivity index (χ1v) is 14.4. The predicted octanol–water partition coefficient (Wildman–Crippen LogP) is 6.24.